The molecular formula is C61H41N. The zero-order chi connectivity index (χ0) is 41.0. The van der Waals surface area contributed by atoms with Crippen LogP contribution >= 0.6 is 0 Å². The number of benzene rings is 10. The summed E-state index contributed by atoms with van der Waals surface area (Å²) in [5.74, 6) is 0. The van der Waals surface area contributed by atoms with Crippen LogP contribution in [0, 0.1) is 0 Å². The van der Waals surface area contributed by atoms with Crippen LogP contribution in [0.2, 0.25) is 0 Å². The molecule has 0 amide bonds. The van der Waals surface area contributed by atoms with Crippen molar-refractivity contribution >= 4 is 17.1 Å². The summed E-state index contributed by atoms with van der Waals surface area (Å²) in [4.78, 5) is 2.46. The Morgan fingerprint density at radius 2 is 0.613 bits per heavy atom. The summed E-state index contributed by atoms with van der Waals surface area (Å²) < 4.78 is 0. The molecule has 12 rings (SSSR count). The molecule has 2 aliphatic carbocycles. The highest BCUT2D eigenvalue weighted by Crippen LogP contribution is 2.65. The van der Waals surface area contributed by atoms with Gasteiger partial charge in [-0.1, -0.05) is 212 Å². The Kier molecular flexibility index (Phi) is 8.47. The Morgan fingerprint density at radius 1 is 0.242 bits per heavy atom. The van der Waals surface area contributed by atoms with E-state index in [1.807, 2.05) is 0 Å². The van der Waals surface area contributed by atoms with E-state index in [0.29, 0.717) is 0 Å². The van der Waals surface area contributed by atoms with Crippen molar-refractivity contribution in [1.29, 1.82) is 0 Å². The van der Waals surface area contributed by atoms with Gasteiger partial charge in [-0.2, -0.15) is 0 Å². The molecular weight excluding hydrogens is 747 g/mol. The number of hydrogen-bond acceptors (Lipinski definition) is 1. The highest BCUT2D eigenvalue weighted by Gasteiger charge is 2.53. The maximum atomic E-state index is 2.46. The Labute approximate surface area is 363 Å². The van der Waals surface area contributed by atoms with E-state index in [0.717, 1.165) is 17.1 Å². The fourth-order valence-electron chi connectivity index (χ4n) is 10.4. The van der Waals surface area contributed by atoms with Gasteiger partial charge in [0.1, 0.15) is 0 Å². The zero-order valence-electron chi connectivity index (χ0n) is 34.1. The number of fused-ring (bicyclic) bond motifs is 10. The van der Waals surface area contributed by atoms with Crippen molar-refractivity contribution in [2.45, 2.75) is 5.41 Å². The topological polar surface area (TPSA) is 3.24 Å². The first-order chi connectivity index (χ1) is 30.8. The molecule has 1 spiro atoms. The van der Waals surface area contributed by atoms with Crippen molar-refractivity contribution in [3.63, 3.8) is 0 Å². The van der Waals surface area contributed by atoms with Crippen LogP contribution in [-0.4, -0.2) is 0 Å². The Hall–Kier alpha value is -8.00. The molecule has 1 unspecified atom stereocenters. The third-order valence-electron chi connectivity index (χ3n) is 13.1. The normalized spacial score (nSPS) is 14.2. The molecule has 0 saturated carbocycles. The van der Waals surface area contributed by atoms with Crippen LogP contribution in [0.3, 0.4) is 0 Å². The maximum Gasteiger partial charge on any atom is 0.0726 e. The summed E-state index contributed by atoms with van der Waals surface area (Å²) in [5, 5.41) is 0. The fourth-order valence-corrected chi connectivity index (χ4v) is 10.4. The minimum Gasteiger partial charge on any atom is -0.310 e. The van der Waals surface area contributed by atoms with Gasteiger partial charge in [-0.25, -0.2) is 0 Å². The largest absolute Gasteiger partial charge is 0.310 e. The van der Waals surface area contributed by atoms with E-state index < -0.39 is 5.41 Å². The number of hydrogen-bond donors (Lipinski definition) is 0. The van der Waals surface area contributed by atoms with Crippen molar-refractivity contribution in [2.24, 2.45) is 0 Å². The molecule has 0 fully saturated rings. The van der Waals surface area contributed by atoms with Crippen LogP contribution in [0.25, 0.3) is 66.8 Å². The zero-order valence-corrected chi connectivity index (χ0v) is 34.1. The van der Waals surface area contributed by atoms with E-state index in [1.165, 1.54) is 89.0 Å². The van der Waals surface area contributed by atoms with Gasteiger partial charge in [-0.15, -0.1) is 0 Å². The van der Waals surface area contributed by atoms with Gasteiger partial charge in [0.05, 0.1) is 11.1 Å². The van der Waals surface area contributed by atoms with Gasteiger partial charge >= 0.3 is 0 Å². The van der Waals surface area contributed by atoms with Crippen molar-refractivity contribution in [3.8, 4) is 66.8 Å². The van der Waals surface area contributed by atoms with Crippen molar-refractivity contribution in [2.75, 3.05) is 4.90 Å². The van der Waals surface area contributed by atoms with Crippen molar-refractivity contribution in [3.05, 3.63) is 271 Å². The molecule has 62 heavy (non-hydrogen) atoms. The van der Waals surface area contributed by atoms with Gasteiger partial charge in [-0.05, 0) is 120 Å². The van der Waals surface area contributed by atoms with E-state index in [1.54, 1.807) is 0 Å². The van der Waals surface area contributed by atoms with Gasteiger partial charge in [0.15, 0.2) is 0 Å². The first kappa shape index (κ1) is 35.9. The predicted molar refractivity (Wildman–Crippen MR) is 259 cm³/mol. The third kappa shape index (κ3) is 5.56. The lowest BCUT2D eigenvalue weighted by molar-refractivity contribution is 0.794. The molecule has 290 valence electrons. The molecule has 0 aromatic heterocycles. The molecule has 0 radical (unpaired) electrons. The van der Waals surface area contributed by atoms with E-state index in [9.17, 15) is 0 Å². The highest BCUT2D eigenvalue weighted by atomic mass is 15.1. The van der Waals surface area contributed by atoms with E-state index in [2.05, 4.69) is 254 Å². The minimum atomic E-state index is -0.513. The standard InChI is InChI=1S/C61H41N/c1-4-17-42(18-5-1)45-33-37-49(38-34-45)62(50-39-35-46(36-40-50)43-19-6-2-7-20-43)58-32-16-31-57-60(58)53-26-11-13-29-55(53)61(57)54-28-12-10-25-52(54)59-51(27-15-30-56(59)61)48-24-14-23-47(41-48)44-21-8-3-9-22-44/h1-41H. The smallest absolute Gasteiger partial charge is 0.0726 e. The summed E-state index contributed by atoms with van der Waals surface area (Å²) >= 11 is 0. The SMILES string of the molecule is c1ccc(-c2ccc(N(c3ccc(-c4ccccc4)cc3)c3cccc4c3-c3ccccc3C43c4ccccc4-c4c(-c5cccc(-c6ccccc6)c5)cccc43)cc2)cc1. The first-order valence-corrected chi connectivity index (χ1v) is 21.5. The van der Waals surface area contributed by atoms with Crippen LogP contribution in [0.5, 0.6) is 0 Å². The van der Waals surface area contributed by atoms with Gasteiger partial charge in [-0.3, -0.25) is 0 Å². The number of nitrogens with zero attached hydrogens (tertiary/aromatic N) is 1. The molecule has 0 N–H and O–H groups in total. The Morgan fingerprint density at radius 3 is 1.18 bits per heavy atom. The van der Waals surface area contributed by atoms with Crippen LogP contribution in [0.4, 0.5) is 17.1 Å². The molecule has 10 aromatic carbocycles. The van der Waals surface area contributed by atoms with Crippen LogP contribution < -0.4 is 4.90 Å². The lowest BCUT2D eigenvalue weighted by Gasteiger charge is -2.32. The molecule has 0 bridgehead atoms. The summed E-state index contributed by atoms with van der Waals surface area (Å²) in [7, 11) is 0. The summed E-state index contributed by atoms with van der Waals surface area (Å²) in [5.41, 5.74) is 23.0. The van der Waals surface area contributed by atoms with Crippen LogP contribution in [0.15, 0.2) is 249 Å². The molecule has 0 heterocycles. The highest BCUT2D eigenvalue weighted by molar-refractivity contribution is 6.03. The average Bonchev–Trinajstić information content (AvgIpc) is 3.83. The van der Waals surface area contributed by atoms with E-state index in [-0.39, 0.29) is 0 Å². The van der Waals surface area contributed by atoms with Gasteiger partial charge in [0.2, 0.25) is 0 Å². The predicted octanol–water partition coefficient (Wildman–Crippen LogP) is 16.2. The summed E-state index contributed by atoms with van der Waals surface area (Å²) in [6.45, 7) is 0. The summed E-state index contributed by atoms with van der Waals surface area (Å²) in [6, 6.07) is 91.4. The molecule has 10 aromatic rings. The van der Waals surface area contributed by atoms with Gasteiger partial charge in [0.25, 0.3) is 0 Å². The quantitative estimate of drug-likeness (QED) is 0.155. The molecule has 0 saturated heterocycles. The average molecular weight is 788 g/mol. The number of anilines is 3. The Bertz CT molecular complexity index is 3180. The second-order valence-corrected chi connectivity index (χ2v) is 16.4. The number of rotatable bonds is 7. The second-order valence-electron chi connectivity index (χ2n) is 16.4. The minimum absolute atomic E-state index is 0.513. The molecule has 1 heteroatoms. The van der Waals surface area contributed by atoms with Crippen LogP contribution in [0.1, 0.15) is 22.3 Å². The van der Waals surface area contributed by atoms with Crippen molar-refractivity contribution in [1.82, 2.24) is 0 Å². The monoisotopic (exact) mass is 787 g/mol. The van der Waals surface area contributed by atoms with E-state index in [4.69, 9.17) is 0 Å². The lowest BCUT2D eigenvalue weighted by atomic mass is 9.70. The molecule has 0 aliphatic heterocycles. The van der Waals surface area contributed by atoms with E-state index >= 15 is 0 Å². The molecule has 1 nitrogen and oxygen atoms in total. The van der Waals surface area contributed by atoms with Crippen LogP contribution in [-0.2, 0) is 5.41 Å². The van der Waals surface area contributed by atoms with Crippen molar-refractivity contribution < 1.29 is 0 Å². The third-order valence-corrected chi connectivity index (χ3v) is 13.1. The van der Waals surface area contributed by atoms with Gasteiger partial charge in [0, 0.05) is 16.9 Å². The first-order valence-electron chi connectivity index (χ1n) is 21.5. The second kappa shape index (κ2) is 14.6. The maximum absolute atomic E-state index is 2.46. The van der Waals surface area contributed by atoms with Gasteiger partial charge < -0.3 is 4.90 Å². The Balaban J connectivity index is 1.08. The molecule has 1 atom stereocenters. The fraction of sp³-hybridized carbons (Fsp3) is 0.0164. The molecule has 2 aliphatic rings. The lowest BCUT2D eigenvalue weighted by Crippen LogP contribution is -2.26. The summed E-state index contributed by atoms with van der Waals surface area (Å²) in [6.07, 6.45) is 0.